The van der Waals surface area contributed by atoms with Gasteiger partial charge in [-0.3, -0.25) is 4.79 Å². The molecule has 7 heteroatoms. The molecule has 1 unspecified atom stereocenters. The fraction of sp³-hybridized carbons (Fsp3) is 0.294. The molecular formula is C17H23Cl2N3O2. The zero-order valence-electron chi connectivity index (χ0n) is 13.9. The van der Waals surface area contributed by atoms with Crippen molar-refractivity contribution in [1.82, 2.24) is 4.98 Å². The van der Waals surface area contributed by atoms with Crippen molar-refractivity contribution in [2.75, 3.05) is 5.32 Å². The first-order valence-electron chi connectivity index (χ1n) is 7.20. The first kappa shape index (κ1) is 22.2. The van der Waals surface area contributed by atoms with Gasteiger partial charge in [-0.2, -0.15) is 0 Å². The number of aromatic nitrogens is 1. The Morgan fingerprint density at radius 3 is 2.46 bits per heavy atom. The lowest BCUT2D eigenvalue weighted by Crippen LogP contribution is -2.23. The van der Waals surface area contributed by atoms with E-state index in [1.54, 1.807) is 25.3 Å². The van der Waals surface area contributed by atoms with Gasteiger partial charge >= 0.3 is 0 Å². The van der Waals surface area contributed by atoms with Gasteiger partial charge in [-0.25, -0.2) is 4.98 Å². The van der Waals surface area contributed by atoms with E-state index in [0.717, 1.165) is 11.3 Å². The molecule has 0 saturated heterocycles. The molecule has 0 radical (unpaired) electrons. The molecule has 0 aliphatic heterocycles. The molecule has 24 heavy (non-hydrogen) atoms. The van der Waals surface area contributed by atoms with Gasteiger partial charge in [0.25, 0.3) is 0 Å². The van der Waals surface area contributed by atoms with Crippen LogP contribution in [0.3, 0.4) is 0 Å². The fourth-order valence-corrected chi connectivity index (χ4v) is 1.92. The van der Waals surface area contributed by atoms with Gasteiger partial charge in [-0.05, 0) is 50.1 Å². The minimum atomic E-state index is -0.166. The molecule has 1 aromatic carbocycles. The summed E-state index contributed by atoms with van der Waals surface area (Å²) in [5.41, 5.74) is 8.59. The number of halogens is 2. The predicted molar refractivity (Wildman–Crippen MR) is 102 cm³/mol. The number of hydrogen-bond acceptors (Lipinski definition) is 4. The van der Waals surface area contributed by atoms with Gasteiger partial charge in [0.2, 0.25) is 11.8 Å². The van der Waals surface area contributed by atoms with Crippen LogP contribution in [0, 0.1) is 13.8 Å². The highest BCUT2D eigenvalue weighted by Crippen LogP contribution is 2.22. The molecule has 0 saturated carbocycles. The molecule has 0 spiro atoms. The SMILES string of the molecule is Cc1ccc(Oc2ccc(NC(=O)CC(C)N)cn2)cc1C.Cl.Cl. The van der Waals surface area contributed by atoms with Gasteiger partial charge in [0.1, 0.15) is 5.75 Å². The number of benzene rings is 1. The number of nitrogens with zero attached hydrogens (tertiary/aromatic N) is 1. The number of amides is 1. The monoisotopic (exact) mass is 371 g/mol. The average Bonchev–Trinajstić information content (AvgIpc) is 2.44. The van der Waals surface area contributed by atoms with Crippen molar-refractivity contribution < 1.29 is 9.53 Å². The largest absolute Gasteiger partial charge is 0.439 e. The number of pyridine rings is 1. The topological polar surface area (TPSA) is 77.2 Å². The fourth-order valence-electron chi connectivity index (χ4n) is 1.92. The molecule has 1 atom stereocenters. The van der Waals surface area contributed by atoms with E-state index in [4.69, 9.17) is 10.5 Å². The molecule has 5 nitrogen and oxygen atoms in total. The molecule has 1 aromatic heterocycles. The van der Waals surface area contributed by atoms with Crippen molar-refractivity contribution in [2.45, 2.75) is 33.2 Å². The van der Waals surface area contributed by atoms with Crippen LogP contribution in [0.5, 0.6) is 11.6 Å². The maximum Gasteiger partial charge on any atom is 0.225 e. The van der Waals surface area contributed by atoms with E-state index < -0.39 is 0 Å². The average molecular weight is 372 g/mol. The van der Waals surface area contributed by atoms with Crippen LogP contribution in [0.4, 0.5) is 5.69 Å². The summed E-state index contributed by atoms with van der Waals surface area (Å²) < 4.78 is 5.69. The summed E-state index contributed by atoms with van der Waals surface area (Å²) in [5, 5.41) is 2.74. The van der Waals surface area contributed by atoms with Crippen LogP contribution in [0.15, 0.2) is 36.5 Å². The van der Waals surface area contributed by atoms with E-state index in [-0.39, 0.29) is 43.2 Å². The molecular weight excluding hydrogens is 349 g/mol. The van der Waals surface area contributed by atoms with Gasteiger partial charge in [-0.15, -0.1) is 24.8 Å². The Kier molecular flexibility index (Phi) is 9.36. The second-order valence-electron chi connectivity index (χ2n) is 5.46. The minimum Gasteiger partial charge on any atom is -0.439 e. The van der Waals surface area contributed by atoms with Gasteiger partial charge in [0.05, 0.1) is 11.9 Å². The molecule has 3 N–H and O–H groups in total. The van der Waals surface area contributed by atoms with Gasteiger partial charge in [-0.1, -0.05) is 6.07 Å². The molecule has 1 amide bonds. The molecule has 0 aliphatic rings. The highest BCUT2D eigenvalue weighted by Gasteiger charge is 2.06. The van der Waals surface area contributed by atoms with Crippen LogP contribution in [-0.2, 0) is 4.79 Å². The summed E-state index contributed by atoms with van der Waals surface area (Å²) in [6.07, 6.45) is 1.84. The quantitative estimate of drug-likeness (QED) is 0.831. The molecule has 0 bridgehead atoms. The Labute approximate surface area is 154 Å². The van der Waals surface area contributed by atoms with Gasteiger partial charge in [0, 0.05) is 18.5 Å². The van der Waals surface area contributed by atoms with Crippen LogP contribution >= 0.6 is 24.8 Å². The lowest BCUT2D eigenvalue weighted by atomic mass is 10.1. The predicted octanol–water partition coefficient (Wildman–Crippen LogP) is 4.01. The Bertz CT molecular complexity index is 661. The molecule has 0 aliphatic carbocycles. The number of aryl methyl sites for hydroxylation is 2. The number of carbonyl (C=O) groups is 1. The Hall–Kier alpha value is -1.82. The number of nitrogens with one attached hydrogen (secondary N) is 1. The van der Waals surface area contributed by atoms with E-state index >= 15 is 0 Å². The first-order chi connectivity index (χ1) is 10.4. The van der Waals surface area contributed by atoms with Gasteiger partial charge in [0.15, 0.2) is 0 Å². The van der Waals surface area contributed by atoms with Crippen LogP contribution in [0.25, 0.3) is 0 Å². The van der Waals surface area contributed by atoms with E-state index in [2.05, 4.69) is 17.2 Å². The Balaban J connectivity index is 0.00000264. The van der Waals surface area contributed by atoms with Crippen molar-refractivity contribution >= 4 is 36.4 Å². The molecule has 132 valence electrons. The summed E-state index contributed by atoms with van der Waals surface area (Å²) in [7, 11) is 0. The van der Waals surface area contributed by atoms with Crippen LogP contribution in [-0.4, -0.2) is 16.9 Å². The number of rotatable bonds is 5. The second kappa shape index (κ2) is 10.1. The van der Waals surface area contributed by atoms with Crippen molar-refractivity contribution in [1.29, 1.82) is 0 Å². The highest BCUT2D eigenvalue weighted by atomic mass is 35.5. The second-order valence-corrected chi connectivity index (χ2v) is 5.46. The summed E-state index contributed by atoms with van der Waals surface area (Å²) in [5.74, 6) is 1.09. The van der Waals surface area contributed by atoms with E-state index in [1.165, 1.54) is 5.56 Å². The molecule has 2 aromatic rings. The Morgan fingerprint density at radius 1 is 1.21 bits per heavy atom. The number of hydrogen-bond donors (Lipinski definition) is 2. The summed E-state index contributed by atoms with van der Waals surface area (Å²) >= 11 is 0. The maximum atomic E-state index is 11.6. The number of nitrogens with two attached hydrogens (primary N) is 1. The zero-order chi connectivity index (χ0) is 16.1. The maximum absolute atomic E-state index is 11.6. The van der Waals surface area contributed by atoms with Crippen LogP contribution in [0.1, 0.15) is 24.5 Å². The van der Waals surface area contributed by atoms with Crippen molar-refractivity contribution in [3.63, 3.8) is 0 Å². The van der Waals surface area contributed by atoms with E-state index in [9.17, 15) is 4.79 Å². The molecule has 0 fully saturated rings. The van der Waals surface area contributed by atoms with Crippen LogP contribution < -0.4 is 15.8 Å². The lowest BCUT2D eigenvalue weighted by molar-refractivity contribution is -0.116. The standard InChI is InChI=1S/C17H21N3O2.2ClH/c1-11-4-6-15(8-12(11)2)22-17-7-5-14(10-19-17)20-16(21)9-13(3)18;;/h4-8,10,13H,9,18H2,1-3H3,(H,20,21);2*1H. The van der Waals surface area contributed by atoms with E-state index in [0.29, 0.717) is 11.6 Å². The zero-order valence-corrected chi connectivity index (χ0v) is 15.5. The lowest BCUT2D eigenvalue weighted by Gasteiger charge is -2.09. The Morgan fingerprint density at radius 2 is 1.92 bits per heavy atom. The third-order valence-electron chi connectivity index (χ3n) is 3.23. The van der Waals surface area contributed by atoms with Gasteiger partial charge < -0.3 is 15.8 Å². The molecule has 1 heterocycles. The van der Waals surface area contributed by atoms with Crippen molar-refractivity contribution in [3.05, 3.63) is 47.7 Å². The highest BCUT2D eigenvalue weighted by molar-refractivity contribution is 5.90. The summed E-state index contributed by atoms with van der Waals surface area (Å²) in [4.78, 5) is 15.8. The number of ether oxygens (including phenoxy) is 1. The van der Waals surface area contributed by atoms with Crippen molar-refractivity contribution in [3.8, 4) is 11.6 Å². The first-order valence-corrected chi connectivity index (χ1v) is 7.20. The summed E-state index contributed by atoms with van der Waals surface area (Å²) in [6.45, 7) is 5.88. The van der Waals surface area contributed by atoms with E-state index in [1.807, 2.05) is 25.1 Å². The molecule has 2 rings (SSSR count). The van der Waals surface area contributed by atoms with Crippen LogP contribution in [0.2, 0.25) is 0 Å². The smallest absolute Gasteiger partial charge is 0.225 e. The van der Waals surface area contributed by atoms with Crippen molar-refractivity contribution in [2.24, 2.45) is 5.73 Å². The number of anilines is 1. The number of carbonyl (C=O) groups excluding carboxylic acids is 1. The normalized spacial score (nSPS) is 10.8. The third-order valence-corrected chi connectivity index (χ3v) is 3.23. The summed E-state index contributed by atoms with van der Waals surface area (Å²) in [6, 6.07) is 9.18. The minimum absolute atomic E-state index is 0. The third kappa shape index (κ3) is 6.74.